The van der Waals surface area contributed by atoms with Gasteiger partial charge in [-0.05, 0) is 153 Å². The first-order chi connectivity index (χ1) is 44.3. The number of fused-ring (bicyclic) bond motifs is 15. The highest BCUT2D eigenvalue weighted by Gasteiger charge is 2.33. The molecule has 2 aliphatic carbocycles. The molecule has 2 aromatic heterocycles. The Balaban J connectivity index is 0.939. The van der Waals surface area contributed by atoms with E-state index in [9.17, 15) is 0 Å². The van der Waals surface area contributed by atoms with E-state index >= 15 is 0 Å². The lowest BCUT2D eigenvalue weighted by Gasteiger charge is -2.35. The van der Waals surface area contributed by atoms with E-state index in [-0.39, 0.29) is 17.5 Å². The van der Waals surface area contributed by atoms with Crippen molar-refractivity contribution in [2.45, 2.75) is 38.3 Å². The molecule has 18 rings (SSSR count). The highest BCUT2D eigenvalue weighted by molar-refractivity contribution is 6.36. The fraction of sp³-hybridized carbons (Fsp3) is 0.0698. The second-order valence-electron chi connectivity index (χ2n) is 25.5. The third-order valence-electron chi connectivity index (χ3n) is 19.2. The van der Waals surface area contributed by atoms with E-state index in [1.165, 1.54) is 60.5 Å². The number of furan rings is 2. The van der Waals surface area contributed by atoms with Gasteiger partial charge in [-0.3, -0.25) is 0 Å². The number of nitrogens with zero attached hydrogens (tertiary/aromatic N) is 2. The molecule has 90 heavy (non-hydrogen) atoms. The topological polar surface area (TPSA) is 32.8 Å². The molecule has 426 valence electrons. The van der Waals surface area contributed by atoms with E-state index < -0.39 is 0 Å². The Labute approximate surface area is 521 Å². The molecular weight excluding hydrogens is 1090 g/mol. The van der Waals surface area contributed by atoms with Crippen LogP contribution in [0.5, 0.6) is 0 Å². The van der Waals surface area contributed by atoms with Crippen molar-refractivity contribution in [2.24, 2.45) is 0 Å². The molecule has 2 atom stereocenters. The number of hydrogen-bond acceptors (Lipinski definition) is 4. The van der Waals surface area contributed by atoms with Crippen molar-refractivity contribution in [3.63, 3.8) is 0 Å². The third kappa shape index (κ3) is 8.14. The molecule has 0 saturated carbocycles. The van der Waals surface area contributed by atoms with Gasteiger partial charge in [0, 0.05) is 62.0 Å². The summed E-state index contributed by atoms with van der Waals surface area (Å²) in [4.78, 5) is 4.88. The molecule has 2 aliphatic heterocycles. The quantitative estimate of drug-likeness (QED) is 0.149. The van der Waals surface area contributed by atoms with E-state index in [1.54, 1.807) is 0 Å². The zero-order valence-electron chi connectivity index (χ0n) is 50.2. The summed E-state index contributed by atoms with van der Waals surface area (Å²) in [5, 5.41) is 13.6. The van der Waals surface area contributed by atoms with Crippen LogP contribution in [0.4, 0.5) is 11.4 Å². The van der Waals surface area contributed by atoms with Crippen LogP contribution >= 0.6 is 0 Å². The summed E-state index contributed by atoms with van der Waals surface area (Å²) in [5.41, 5.74) is 20.5. The maximum Gasteiger partial charge on any atom is 0.159 e. The lowest BCUT2D eigenvalue weighted by Crippen LogP contribution is -2.44. The average Bonchev–Trinajstić information content (AvgIpc) is 1.43. The van der Waals surface area contributed by atoms with Crippen LogP contribution in [0.2, 0.25) is 0 Å². The first-order valence-electron chi connectivity index (χ1n) is 31.4. The molecule has 0 N–H and O–H groups in total. The minimum Gasteiger partial charge on any atom is -0.455 e. The van der Waals surface area contributed by atoms with Crippen molar-refractivity contribution < 1.29 is 8.83 Å². The zero-order chi connectivity index (χ0) is 59.8. The van der Waals surface area contributed by atoms with Crippen molar-refractivity contribution in [1.82, 2.24) is 0 Å². The predicted molar refractivity (Wildman–Crippen MR) is 379 cm³/mol. The van der Waals surface area contributed by atoms with Gasteiger partial charge in [-0.15, -0.1) is 0 Å². The lowest BCUT2D eigenvalue weighted by atomic mass is 9.80. The molecule has 4 nitrogen and oxygen atoms in total. The van der Waals surface area contributed by atoms with E-state index in [0.29, 0.717) is 0 Å². The van der Waals surface area contributed by atoms with Crippen molar-refractivity contribution in [1.29, 1.82) is 0 Å². The Kier molecular flexibility index (Phi) is 11.7. The van der Waals surface area contributed by atoms with Gasteiger partial charge in [0.15, 0.2) is 5.58 Å². The van der Waals surface area contributed by atoms with Crippen LogP contribution in [0.3, 0.4) is 0 Å². The minimum absolute atomic E-state index is 0.0430. The van der Waals surface area contributed by atoms with E-state index in [2.05, 4.69) is 328 Å². The van der Waals surface area contributed by atoms with Gasteiger partial charge in [-0.2, -0.15) is 0 Å². The fourth-order valence-corrected chi connectivity index (χ4v) is 15.1. The van der Waals surface area contributed by atoms with Crippen molar-refractivity contribution in [3.8, 4) is 33.4 Å². The number of hydrogen-bond donors (Lipinski definition) is 0. The number of anilines is 2. The zero-order valence-corrected chi connectivity index (χ0v) is 50.2. The van der Waals surface area contributed by atoms with Gasteiger partial charge in [0.1, 0.15) is 16.7 Å². The van der Waals surface area contributed by atoms with Gasteiger partial charge in [0.2, 0.25) is 0 Å². The molecule has 2 unspecified atom stereocenters. The van der Waals surface area contributed by atoms with Crippen LogP contribution in [0, 0.1) is 0 Å². The van der Waals surface area contributed by atoms with E-state index in [0.717, 1.165) is 110 Å². The van der Waals surface area contributed by atoms with Crippen molar-refractivity contribution in [3.05, 3.63) is 324 Å². The highest BCUT2D eigenvalue weighted by Crippen LogP contribution is 2.53. The smallest absolute Gasteiger partial charge is 0.159 e. The molecule has 4 aliphatic rings. The maximum atomic E-state index is 7.80. The summed E-state index contributed by atoms with van der Waals surface area (Å²) >= 11 is 0. The van der Waals surface area contributed by atoms with Crippen molar-refractivity contribution >= 4 is 110 Å². The van der Waals surface area contributed by atoms with Gasteiger partial charge in [0.25, 0.3) is 0 Å². The Bertz CT molecular complexity index is 5700. The summed E-state index contributed by atoms with van der Waals surface area (Å²) in [6, 6.07) is 86.2. The first kappa shape index (κ1) is 52.0. The van der Waals surface area contributed by atoms with Crippen LogP contribution in [0.25, 0.3) is 132 Å². The number of rotatable bonds is 7. The van der Waals surface area contributed by atoms with Crippen LogP contribution in [-0.4, -0.2) is 12.1 Å². The summed E-state index contributed by atoms with van der Waals surface area (Å²) in [6.45, 7) is 7.02. The van der Waals surface area contributed by atoms with Crippen LogP contribution in [-0.2, 0) is 5.41 Å². The minimum atomic E-state index is -0.265. The highest BCUT2D eigenvalue weighted by atomic mass is 16.3. The van der Waals surface area contributed by atoms with Gasteiger partial charge in [-0.1, -0.05) is 251 Å². The molecule has 14 aromatic rings. The Morgan fingerprint density at radius 1 is 0.400 bits per heavy atom. The molecule has 0 fully saturated rings. The standard InChI is InChI=1S/C86H60N2O2/c1-86(2,3)74-51-73-72(56-26-11-6-12-27-56)47-61-49-77(88-52-60-29-14-16-34-64(60)69-42-40-58(48-76(69)88)54-24-9-5-10-25-54)84-81(79(61)82(73)85-80(74)71-38-21-36-65(83(71)90-85)59-32-19-31-57(46-59)53-22-7-4-8-23-53)70-43-41-62(50-78(70)89-84)87-45-44-67(68-35-17-18-39-75(68)87)66-37-20-30-55-28-13-15-33-63(55)66/h4-52,75-76H,1-3H3. The normalized spacial score (nSPS) is 16.3. The largest absolute Gasteiger partial charge is 0.455 e. The maximum absolute atomic E-state index is 7.80. The Hall–Kier alpha value is -11.2. The van der Waals surface area contributed by atoms with E-state index in [1.807, 2.05) is 0 Å². The number of benzene rings is 12. The van der Waals surface area contributed by atoms with Crippen molar-refractivity contribution in [2.75, 3.05) is 9.80 Å². The second kappa shape index (κ2) is 20.2. The third-order valence-corrected chi connectivity index (χ3v) is 19.2. The molecule has 0 saturated heterocycles. The molecule has 0 spiro atoms. The van der Waals surface area contributed by atoms with Gasteiger partial charge in [-0.25, -0.2) is 0 Å². The Morgan fingerprint density at radius 3 is 1.94 bits per heavy atom. The molecular formula is C86H60N2O2. The molecule has 0 amide bonds. The molecule has 0 radical (unpaired) electrons. The first-order valence-corrected chi connectivity index (χ1v) is 31.4. The molecule has 12 aromatic carbocycles. The number of allylic oxidation sites excluding steroid dienone is 6. The second-order valence-corrected chi connectivity index (χ2v) is 25.5. The van der Waals surface area contributed by atoms with Crippen LogP contribution in [0.1, 0.15) is 37.5 Å². The summed E-state index contributed by atoms with van der Waals surface area (Å²) in [6.07, 6.45) is 22.9. The molecule has 4 heteroatoms. The van der Waals surface area contributed by atoms with Gasteiger partial charge >= 0.3 is 0 Å². The predicted octanol–water partition coefficient (Wildman–Crippen LogP) is 21.0. The summed E-state index contributed by atoms with van der Waals surface area (Å²) in [7, 11) is 0. The fourth-order valence-electron chi connectivity index (χ4n) is 15.1. The molecule has 0 bridgehead atoms. The summed E-state index contributed by atoms with van der Waals surface area (Å²) in [5.74, 6) is 0. The Morgan fingerprint density at radius 2 is 1.10 bits per heavy atom. The van der Waals surface area contributed by atoms with Gasteiger partial charge in [0.05, 0.1) is 17.8 Å². The van der Waals surface area contributed by atoms with Crippen LogP contribution < -0.4 is 20.2 Å². The average molecular weight is 1150 g/mol. The van der Waals surface area contributed by atoms with Crippen LogP contribution in [0.15, 0.2) is 306 Å². The lowest BCUT2D eigenvalue weighted by molar-refractivity contribution is 0.595. The monoisotopic (exact) mass is 1150 g/mol. The SMILES string of the molecule is CC(C)(C)c1cc2c(-c3ccccc3)cc3cc(N4C=c5ccccc5=C5C=CC(c6ccccc6)=CC54)c4oc5cc(N6C=CC(c7cccc8ccccc78)=C7C=CC=CC76)ccc5c4c3c2c2oc3c(-c4cccc(-c5ccccc5)c4)cccc3c12. The van der Waals surface area contributed by atoms with E-state index in [4.69, 9.17) is 8.83 Å². The van der Waals surface area contributed by atoms with Gasteiger partial charge < -0.3 is 18.6 Å². The number of para-hydroxylation sites is 1. The molecule has 4 heterocycles. The summed E-state index contributed by atoms with van der Waals surface area (Å²) < 4.78 is 15.5.